The van der Waals surface area contributed by atoms with Crippen LogP contribution < -0.4 is 0 Å². The third kappa shape index (κ3) is 4.91. The lowest BCUT2D eigenvalue weighted by molar-refractivity contribution is -0.122. The molecule has 1 heterocycles. The van der Waals surface area contributed by atoms with Crippen molar-refractivity contribution in [3.8, 4) is 0 Å². The van der Waals surface area contributed by atoms with E-state index >= 15 is 0 Å². The number of aliphatic hydroxyl groups is 2. The molecule has 0 aromatic carbocycles. The van der Waals surface area contributed by atoms with Gasteiger partial charge in [0.15, 0.2) is 0 Å². The Labute approximate surface area is 118 Å². The SMILES string of the molecule is OCCCC(F)(F)CN1CCC(OC2CC(O)C2)CC1. The Bertz CT molecular complexity index is 290. The van der Waals surface area contributed by atoms with Crippen LogP contribution in [0.25, 0.3) is 0 Å². The minimum atomic E-state index is -2.71. The first-order chi connectivity index (χ1) is 9.48. The molecule has 0 amide bonds. The zero-order valence-electron chi connectivity index (χ0n) is 11.8. The number of hydrogen-bond donors (Lipinski definition) is 2. The average molecular weight is 293 g/mol. The summed E-state index contributed by atoms with van der Waals surface area (Å²) < 4.78 is 33.0. The predicted molar refractivity (Wildman–Crippen MR) is 70.8 cm³/mol. The molecule has 20 heavy (non-hydrogen) atoms. The fraction of sp³-hybridized carbons (Fsp3) is 1.00. The summed E-state index contributed by atoms with van der Waals surface area (Å²) in [5.74, 6) is -2.71. The molecule has 4 nitrogen and oxygen atoms in total. The lowest BCUT2D eigenvalue weighted by Gasteiger charge is -2.38. The molecular weight excluding hydrogens is 268 g/mol. The maximum Gasteiger partial charge on any atom is 0.260 e. The van der Waals surface area contributed by atoms with E-state index in [-0.39, 0.29) is 44.3 Å². The maximum absolute atomic E-state index is 13.6. The highest BCUT2D eigenvalue weighted by molar-refractivity contribution is 4.83. The van der Waals surface area contributed by atoms with Gasteiger partial charge in [0.05, 0.1) is 24.9 Å². The van der Waals surface area contributed by atoms with Crippen molar-refractivity contribution in [3.05, 3.63) is 0 Å². The van der Waals surface area contributed by atoms with E-state index in [1.165, 1.54) is 0 Å². The first kappa shape index (κ1) is 16.1. The van der Waals surface area contributed by atoms with Crippen molar-refractivity contribution in [1.82, 2.24) is 4.90 Å². The van der Waals surface area contributed by atoms with E-state index in [9.17, 15) is 13.9 Å². The summed E-state index contributed by atoms with van der Waals surface area (Å²) in [5.41, 5.74) is 0. The number of halogens is 2. The standard InChI is InChI=1S/C14H25F2NO3/c15-14(16,4-1-7-18)10-17-5-2-12(3-6-17)20-13-8-11(19)9-13/h11-13,18-19H,1-10H2. The van der Waals surface area contributed by atoms with Gasteiger partial charge in [0.1, 0.15) is 0 Å². The highest BCUT2D eigenvalue weighted by Crippen LogP contribution is 2.28. The van der Waals surface area contributed by atoms with Gasteiger partial charge in [-0.3, -0.25) is 4.90 Å². The van der Waals surface area contributed by atoms with Crippen LogP contribution in [0.3, 0.4) is 0 Å². The van der Waals surface area contributed by atoms with Crippen LogP contribution in [-0.4, -0.2) is 65.6 Å². The summed E-state index contributed by atoms with van der Waals surface area (Å²) in [6.45, 7) is 0.865. The predicted octanol–water partition coefficient (Wildman–Crippen LogP) is 1.40. The Kier molecular flexibility index (Phi) is 5.72. The van der Waals surface area contributed by atoms with Gasteiger partial charge >= 0.3 is 0 Å². The zero-order chi connectivity index (χ0) is 14.6. The Morgan fingerprint density at radius 1 is 1.15 bits per heavy atom. The number of ether oxygens (including phenoxy) is 1. The number of aliphatic hydroxyl groups excluding tert-OH is 2. The lowest BCUT2D eigenvalue weighted by atomic mass is 9.91. The molecule has 1 saturated heterocycles. The molecular formula is C14H25F2NO3. The molecule has 2 aliphatic rings. The molecule has 118 valence electrons. The van der Waals surface area contributed by atoms with Crippen molar-refractivity contribution in [2.45, 2.75) is 62.8 Å². The van der Waals surface area contributed by atoms with E-state index in [4.69, 9.17) is 9.84 Å². The highest BCUT2D eigenvalue weighted by Gasteiger charge is 2.35. The molecule has 0 aromatic rings. The molecule has 0 spiro atoms. The van der Waals surface area contributed by atoms with Crippen LogP contribution in [0.1, 0.15) is 38.5 Å². The topological polar surface area (TPSA) is 52.9 Å². The van der Waals surface area contributed by atoms with Crippen LogP contribution in [0.4, 0.5) is 8.78 Å². The van der Waals surface area contributed by atoms with E-state index in [0.717, 1.165) is 12.8 Å². The van der Waals surface area contributed by atoms with Gasteiger partial charge in [-0.2, -0.15) is 0 Å². The molecule has 2 N–H and O–H groups in total. The lowest BCUT2D eigenvalue weighted by Crippen LogP contribution is -2.45. The molecule has 2 fully saturated rings. The molecule has 1 aliphatic heterocycles. The van der Waals surface area contributed by atoms with Gasteiger partial charge in [-0.05, 0) is 32.1 Å². The fourth-order valence-electron chi connectivity index (χ4n) is 2.87. The molecule has 1 aliphatic carbocycles. The van der Waals surface area contributed by atoms with Gasteiger partial charge in [-0.25, -0.2) is 8.78 Å². The Balaban J connectivity index is 1.63. The van der Waals surface area contributed by atoms with Crippen LogP contribution in [0.2, 0.25) is 0 Å². The van der Waals surface area contributed by atoms with Gasteiger partial charge in [0, 0.05) is 26.1 Å². The van der Waals surface area contributed by atoms with Crippen molar-refractivity contribution < 1.29 is 23.7 Å². The number of nitrogens with zero attached hydrogens (tertiary/aromatic N) is 1. The number of alkyl halides is 2. The molecule has 0 unspecified atom stereocenters. The average Bonchev–Trinajstić information content (AvgIpc) is 2.36. The molecule has 0 bridgehead atoms. The van der Waals surface area contributed by atoms with Gasteiger partial charge in [-0.1, -0.05) is 0 Å². The van der Waals surface area contributed by atoms with Crippen LogP contribution in [0, 0.1) is 0 Å². The second-order valence-corrected chi connectivity index (χ2v) is 6.04. The quantitative estimate of drug-likeness (QED) is 0.745. The first-order valence-corrected chi connectivity index (χ1v) is 7.53. The number of rotatable bonds is 7. The Morgan fingerprint density at radius 2 is 1.80 bits per heavy atom. The Hall–Kier alpha value is -0.300. The monoisotopic (exact) mass is 293 g/mol. The summed E-state index contributed by atoms with van der Waals surface area (Å²) in [6, 6.07) is 0. The summed E-state index contributed by atoms with van der Waals surface area (Å²) in [6.07, 6.45) is 2.97. The van der Waals surface area contributed by atoms with Gasteiger partial charge < -0.3 is 14.9 Å². The smallest absolute Gasteiger partial charge is 0.260 e. The van der Waals surface area contributed by atoms with Gasteiger partial charge in [0.2, 0.25) is 0 Å². The minimum absolute atomic E-state index is 0.148. The number of likely N-dealkylation sites (tertiary alicyclic amines) is 1. The molecule has 1 saturated carbocycles. The van der Waals surface area contributed by atoms with E-state index in [2.05, 4.69) is 0 Å². The Morgan fingerprint density at radius 3 is 2.35 bits per heavy atom. The second kappa shape index (κ2) is 7.11. The van der Waals surface area contributed by atoms with Crippen LogP contribution in [-0.2, 0) is 4.74 Å². The zero-order valence-corrected chi connectivity index (χ0v) is 11.8. The van der Waals surface area contributed by atoms with Crippen molar-refractivity contribution >= 4 is 0 Å². The van der Waals surface area contributed by atoms with Crippen molar-refractivity contribution in [2.24, 2.45) is 0 Å². The highest BCUT2D eigenvalue weighted by atomic mass is 19.3. The van der Waals surface area contributed by atoms with Crippen molar-refractivity contribution in [1.29, 1.82) is 0 Å². The molecule has 0 aromatic heterocycles. The van der Waals surface area contributed by atoms with Crippen LogP contribution >= 0.6 is 0 Å². The summed E-state index contributed by atoms with van der Waals surface area (Å²) in [4.78, 5) is 1.78. The minimum Gasteiger partial charge on any atom is -0.396 e. The number of piperidine rings is 1. The van der Waals surface area contributed by atoms with Crippen LogP contribution in [0.15, 0.2) is 0 Å². The summed E-state index contributed by atoms with van der Waals surface area (Å²) in [7, 11) is 0. The molecule has 0 radical (unpaired) electrons. The summed E-state index contributed by atoms with van der Waals surface area (Å²) >= 11 is 0. The second-order valence-electron chi connectivity index (χ2n) is 6.04. The van der Waals surface area contributed by atoms with Crippen molar-refractivity contribution in [2.75, 3.05) is 26.2 Å². The van der Waals surface area contributed by atoms with Crippen LogP contribution in [0.5, 0.6) is 0 Å². The van der Waals surface area contributed by atoms with Gasteiger partial charge in [-0.15, -0.1) is 0 Å². The number of hydrogen-bond acceptors (Lipinski definition) is 4. The maximum atomic E-state index is 13.6. The fourth-order valence-corrected chi connectivity index (χ4v) is 2.87. The van der Waals surface area contributed by atoms with E-state index in [1.54, 1.807) is 4.90 Å². The molecule has 2 rings (SSSR count). The van der Waals surface area contributed by atoms with Crippen molar-refractivity contribution in [3.63, 3.8) is 0 Å². The molecule has 6 heteroatoms. The largest absolute Gasteiger partial charge is 0.396 e. The van der Waals surface area contributed by atoms with E-state index < -0.39 is 5.92 Å². The third-order valence-corrected chi connectivity index (χ3v) is 4.15. The normalized spacial score (nSPS) is 29.4. The summed E-state index contributed by atoms with van der Waals surface area (Å²) in [5, 5.41) is 17.8. The molecule has 0 atom stereocenters. The van der Waals surface area contributed by atoms with E-state index in [1.807, 2.05) is 0 Å². The van der Waals surface area contributed by atoms with Gasteiger partial charge in [0.25, 0.3) is 5.92 Å². The first-order valence-electron chi connectivity index (χ1n) is 7.53. The third-order valence-electron chi connectivity index (χ3n) is 4.15. The van der Waals surface area contributed by atoms with E-state index in [0.29, 0.717) is 25.9 Å².